The van der Waals surface area contributed by atoms with Gasteiger partial charge in [0.15, 0.2) is 11.5 Å². The molecule has 3 aromatic rings. The summed E-state index contributed by atoms with van der Waals surface area (Å²) >= 11 is 6.23. The number of hydrogen-bond acceptors (Lipinski definition) is 7. The number of fused-ring (bicyclic) bond motifs is 3. The highest BCUT2D eigenvalue weighted by Gasteiger charge is 2.13. The number of nitrogens with one attached hydrogen (secondary N) is 1. The summed E-state index contributed by atoms with van der Waals surface area (Å²) in [6, 6.07) is 9.11. The molecule has 1 aliphatic heterocycles. The lowest BCUT2D eigenvalue weighted by Crippen LogP contribution is -2.12. The van der Waals surface area contributed by atoms with E-state index in [1.807, 2.05) is 18.2 Å². The van der Waals surface area contributed by atoms with E-state index in [-0.39, 0.29) is 0 Å². The lowest BCUT2D eigenvalue weighted by molar-refractivity contribution is 0.0758. The molecule has 0 amide bonds. The second-order valence-corrected chi connectivity index (χ2v) is 6.29. The molecule has 1 N–H and O–H groups in total. The van der Waals surface area contributed by atoms with E-state index in [0.29, 0.717) is 54.5 Å². The zero-order valence-corrected chi connectivity index (χ0v) is 15.5. The number of anilines is 2. The van der Waals surface area contributed by atoms with Gasteiger partial charge in [0.1, 0.15) is 31.1 Å². The van der Waals surface area contributed by atoms with Crippen LogP contribution in [0.15, 0.2) is 36.7 Å². The summed E-state index contributed by atoms with van der Waals surface area (Å²) in [5.74, 6) is 2.49. The van der Waals surface area contributed by atoms with Crippen LogP contribution in [0.4, 0.5) is 11.5 Å². The molecular formula is C19H18ClN3O4. The largest absolute Gasteiger partial charge is 0.493 e. The van der Waals surface area contributed by atoms with Gasteiger partial charge in [-0.05, 0) is 18.2 Å². The number of benzene rings is 2. The molecule has 0 spiro atoms. The minimum Gasteiger partial charge on any atom is -0.493 e. The van der Waals surface area contributed by atoms with Crippen LogP contribution in [0.5, 0.6) is 17.2 Å². The van der Waals surface area contributed by atoms with Gasteiger partial charge in [0, 0.05) is 28.2 Å². The lowest BCUT2D eigenvalue weighted by atomic mass is 10.2. The number of hydrogen-bond donors (Lipinski definition) is 1. The first-order valence-electron chi connectivity index (χ1n) is 8.46. The highest BCUT2D eigenvalue weighted by atomic mass is 35.5. The Morgan fingerprint density at radius 1 is 1.00 bits per heavy atom. The minimum absolute atomic E-state index is 0.387. The van der Waals surface area contributed by atoms with Crippen LogP contribution in [-0.2, 0) is 4.74 Å². The first kappa shape index (κ1) is 17.6. The average Bonchev–Trinajstić information content (AvgIpc) is 2.66. The smallest absolute Gasteiger partial charge is 0.162 e. The molecule has 4 rings (SSSR count). The van der Waals surface area contributed by atoms with Crippen molar-refractivity contribution in [3.05, 3.63) is 41.7 Å². The zero-order chi connectivity index (χ0) is 18.6. The summed E-state index contributed by atoms with van der Waals surface area (Å²) < 4.78 is 22.5. The van der Waals surface area contributed by atoms with Crippen LogP contribution in [-0.4, -0.2) is 43.5 Å². The van der Waals surface area contributed by atoms with Gasteiger partial charge in [0.25, 0.3) is 0 Å². The Labute approximate surface area is 161 Å². The molecule has 4 bridgehead atoms. The summed E-state index contributed by atoms with van der Waals surface area (Å²) in [6.45, 7) is 1.68. The van der Waals surface area contributed by atoms with E-state index < -0.39 is 0 Å². The monoisotopic (exact) mass is 387 g/mol. The Bertz CT molecular complexity index is 967. The van der Waals surface area contributed by atoms with Crippen LogP contribution >= 0.6 is 11.6 Å². The van der Waals surface area contributed by atoms with E-state index >= 15 is 0 Å². The molecule has 7 nitrogen and oxygen atoms in total. The molecule has 0 fully saturated rings. The molecule has 0 unspecified atom stereocenters. The van der Waals surface area contributed by atoms with Crippen LogP contribution < -0.4 is 19.5 Å². The van der Waals surface area contributed by atoms with E-state index in [9.17, 15) is 0 Å². The van der Waals surface area contributed by atoms with Gasteiger partial charge >= 0.3 is 0 Å². The fraction of sp³-hybridized carbons (Fsp3) is 0.263. The van der Waals surface area contributed by atoms with Gasteiger partial charge in [-0.2, -0.15) is 0 Å². The van der Waals surface area contributed by atoms with Gasteiger partial charge in [0.05, 0.1) is 25.8 Å². The normalized spacial score (nSPS) is 14.4. The number of halogens is 1. The number of nitrogens with zero attached hydrogens (tertiary/aromatic N) is 2. The van der Waals surface area contributed by atoms with Crippen molar-refractivity contribution in [1.82, 2.24) is 9.97 Å². The predicted molar refractivity (Wildman–Crippen MR) is 103 cm³/mol. The van der Waals surface area contributed by atoms with E-state index in [1.165, 1.54) is 6.33 Å². The van der Waals surface area contributed by atoms with Crippen LogP contribution in [0.3, 0.4) is 0 Å². The molecule has 27 heavy (non-hydrogen) atoms. The Morgan fingerprint density at radius 3 is 2.70 bits per heavy atom. The second-order valence-electron chi connectivity index (χ2n) is 5.85. The summed E-state index contributed by atoms with van der Waals surface area (Å²) in [7, 11) is 1.60. The van der Waals surface area contributed by atoms with Gasteiger partial charge < -0.3 is 24.3 Å². The highest BCUT2D eigenvalue weighted by Crippen LogP contribution is 2.35. The number of methoxy groups -OCH3 is 1. The molecule has 0 saturated carbocycles. The van der Waals surface area contributed by atoms with Crippen LogP contribution in [0.1, 0.15) is 0 Å². The van der Waals surface area contributed by atoms with Crippen molar-refractivity contribution >= 4 is 34.0 Å². The summed E-state index contributed by atoms with van der Waals surface area (Å²) in [4.78, 5) is 8.70. The standard InChI is InChI=1S/C19H18ClN3O4/c1-24-17-10-16-15-9-18(17)27-5-3-25-2-4-26-14-7-12(20)6-13(8-14)23-19(15)22-11-21-16/h6-11H,2-5H2,1H3,(H,21,22,23). The first-order chi connectivity index (χ1) is 13.2. The van der Waals surface area contributed by atoms with E-state index in [2.05, 4.69) is 15.3 Å². The fourth-order valence-corrected chi connectivity index (χ4v) is 3.05. The Morgan fingerprint density at radius 2 is 1.85 bits per heavy atom. The van der Waals surface area contributed by atoms with Crippen molar-refractivity contribution in [1.29, 1.82) is 0 Å². The zero-order valence-electron chi connectivity index (χ0n) is 14.7. The SMILES string of the molecule is COc1cc2ncnc3c2cc1OCCOCCOc1cc(Cl)cc(c1)N3. The van der Waals surface area contributed by atoms with Crippen molar-refractivity contribution in [2.75, 3.05) is 38.9 Å². The van der Waals surface area contributed by atoms with Crippen molar-refractivity contribution in [2.24, 2.45) is 0 Å². The Balaban J connectivity index is 1.81. The maximum absolute atomic E-state index is 6.23. The third-order valence-corrected chi connectivity index (χ3v) is 4.25. The molecule has 140 valence electrons. The maximum Gasteiger partial charge on any atom is 0.162 e. The third-order valence-electron chi connectivity index (χ3n) is 4.04. The molecular weight excluding hydrogens is 370 g/mol. The molecule has 2 heterocycles. The number of aromatic nitrogens is 2. The summed E-state index contributed by atoms with van der Waals surface area (Å²) in [5, 5.41) is 4.64. The van der Waals surface area contributed by atoms with Crippen LogP contribution in [0.25, 0.3) is 10.9 Å². The molecule has 0 atom stereocenters. The van der Waals surface area contributed by atoms with Crippen molar-refractivity contribution < 1.29 is 18.9 Å². The van der Waals surface area contributed by atoms with Gasteiger partial charge in [-0.3, -0.25) is 0 Å². The van der Waals surface area contributed by atoms with Gasteiger partial charge in [-0.15, -0.1) is 0 Å². The molecule has 0 radical (unpaired) electrons. The molecule has 8 heteroatoms. The summed E-state index contributed by atoms with van der Waals surface area (Å²) in [6.07, 6.45) is 1.49. The predicted octanol–water partition coefficient (Wildman–Crippen LogP) is 3.82. The maximum atomic E-state index is 6.23. The van der Waals surface area contributed by atoms with Crippen LogP contribution in [0.2, 0.25) is 5.02 Å². The van der Waals surface area contributed by atoms with Gasteiger partial charge in [0.2, 0.25) is 0 Å². The van der Waals surface area contributed by atoms with E-state index in [4.69, 9.17) is 30.5 Å². The van der Waals surface area contributed by atoms with Gasteiger partial charge in [-0.25, -0.2) is 9.97 Å². The van der Waals surface area contributed by atoms with Gasteiger partial charge in [-0.1, -0.05) is 11.6 Å². The van der Waals surface area contributed by atoms with E-state index in [1.54, 1.807) is 19.2 Å². The van der Waals surface area contributed by atoms with Crippen molar-refractivity contribution in [2.45, 2.75) is 0 Å². The fourth-order valence-electron chi connectivity index (χ4n) is 2.82. The first-order valence-corrected chi connectivity index (χ1v) is 8.84. The van der Waals surface area contributed by atoms with E-state index in [0.717, 1.165) is 16.6 Å². The molecule has 1 aliphatic rings. The van der Waals surface area contributed by atoms with Crippen molar-refractivity contribution in [3.63, 3.8) is 0 Å². The quantitative estimate of drug-likeness (QED) is 0.680. The van der Waals surface area contributed by atoms with Crippen LogP contribution in [0, 0.1) is 0 Å². The molecule has 0 aliphatic carbocycles. The lowest BCUT2D eigenvalue weighted by Gasteiger charge is -2.14. The minimum atomic E-state index is 0.387. The summed E-state index contributed by atoms with van der Waals surface area (Å²) in [5.41, 5.74) is 1.49. The molecule has 1 aromatic heterocycles. The highest BCUT2D eigenvalue weighted by molar-refractivity contribution is 6.31. The van der Waals surface area contributed by atoms with Crippen molar-refractivity contribution in [3.8, 4) is 17.2 Å². The molecule has 0 saturated heterocycles. The Kier molecular flexibility index (Phi) is 5.13. The number of ether oxygens (including phenoxy) is 4. The average molecular weight is 388 g/mol. The molecule has 2 aromatic carbocycles. The Hall–Kier alpha value is -2.77. The third kappa shape index (κ3) is 3.99. The topological polar surface area (TPSA) is 74.7 Å². The second kappa shape index (κ2) is 7.85. The number of rotatable bonds is 1.